The summed E-state index contributed by atoms with van der Waals surface area (Å²) in [6.45, 7) is 0. The Bertz CT molecular complexity index is 2860. The normalized spacial score (nSPS) is 11.5. The van der Waals surface area contributed by atoms with Crippen molar-refractivity contribution in [3.63, 3.8) is 0 Å². The van der Waals surface area contributed by atoms with Gasteiger partial charge in [-0.05, 0) is 70.8 Å². The monoisotopic (exact) mass is 683 g/mol. The molecule has 0 aliphatic rings. The van der Waals surface area contributed by atoms with Crippen molar-refractivity contribution in [3.05, 3.63) is 176 Å². The van der Waals surface area contributed by atoms with E-state index in [1.807, 2.05) is 36.4 Å². The molecule has 52 heavy (non-hydrogen) atoms. The first kappa shape index (κ1) is 30.2. The molecule has 0 aliphatic heterocycles. The van der Waals surface area contributed by atoms with E-state index in [1.54, 1.807) is 11.3 Å². The summed E-state index contributed by atoms with van der Waals surface area (Å²) in [6, 6.07) is 61.1. The van der Waals surface area contributed by atoms with Gasteiger partial charge in [-0.3, -0.25) is 0 Å². The lowest BCUT2D eigenvalue weighted by Gasteiger charge is -2.12. The van der Waals surface area contributed by atoms with E-state index in [9.17, 15) is 0 Å². The van der Waals surface area contributed by atoms with E-state index in [0.29, 0.717) is 11.7 Å². The highest BCUT2D eigenvalue weighted by Gasteiger charge is 2.18. The molecule has 5 heteroatoms. The summed E-state index contributed by atoms with van der Waals surface area (Å²) in [7, 11) is 0. The maximum atomic E-state index is 6.19. The van der Waals surface area contributed by atoms with Crippen molar-refractivity contribution >= 4 is 42.6 Å². The van der Waals surface area contributed by atoms with Gasteiger partial charge in [0.1, 0.15) is 5.52 Å². The van der Waals surface area contributed by atoms with Crippen molar-refractivity contribution in [3.8, 4) is 67.6 Å². The molecule has 0 amide bonds. The van der Waals surface area contributed by atoms with Crippen LogP contribution >= 0.6 is 11.3 Å². The number of aromatic nitrogens is 3. The van der Waals surface area contributed by atoms with Gasteiger partial charge >= 0.3 is 0 Å². The number of oxazole rings is 1. The highest BCUT2D eigenvalue weighted by molar-refractivity contribution is 7.26. The average Bonchev–Trinajstić information content (AvgIpc) is 3.83. The van der Waals surface area contributed by atoms with Gasteiger partial charge < -0.3 is 4.42 Å². The van der Waals surface area contributed by atoms with Crippen molar-refractivity contribution in [2.45, 2.75) is 0 Å². The van der Waals surface area contributed by atoms with Crippen molar-refractivity contribution in [1.29, 1.82) is 0 Å². The van der Waals surface area contributed by atoms with Crippen LogP contribution in [0, 0.1) is 0 Å². The summed E-state index contributed by atoms with van der Waals surface area (Å²) in [5.74, 6) is 1.30. The van der Waals surface area contributed by atoms with Crippen molar-refractivity contribution in [2.24, 2.45) is 0 Å². The second-order valence-corrected chi connectivity index (χ2v) is 13.9. The first-order valence-corrected chi connectivity index (χ1v) is 18.1. The molecular formula is C47H29N3OS. The Morgan fingerprint density at radius 1 is 0.404 bits per heavy atom. The maximum absolute atomic E-state index is 6.19. The molecule has 0 unspecified atom stereocenters. The first-order chi connectivity index (χ1) is 25.7. The average molecular weight is 684 g/mol. The number of hydrogen-bond donors (Lipinski definition) is 0. The number of fused-ring (bicyclic) bond motifs is 4. The smallest absolute Gasteiger partial charge is 0.227 e. The molecule has 3 heterocycles. The van der Waals surface area contributed by atoms with Crippen LogP contribution in [0.5, 0.6) is 0 Å². The molecule has 0 N–H and O–H groups in total. The second kappa shape index (κ2) is 12.6. The van der Waals surface area contributed by atoms with Crippen molar-refractivity contribution in [1.82, 2.24) is 15.0 Å². The topological polar surface area (TPSA) is 51.8 Å². The van der Waals surface area contributed by atoms with Gasteiger partial charge in [-0.25, -0.2) is 15.0 Å². The SMILES string of the molecule is c1ccc(-c2ccc(-c3cc(-c4cccc5sc6ccc(-c7nc8ccccc8o7)cc6c45)nc(-c4cccc(-c5ccccc5)c4)n3)cc2)cc1. The van der Waals surface area contributed by atoms with Crippen LogP contribution in [-0.4, -0.2) is 15.0 Å². The largest absolute Gasteiger partial charge is 0.436 e. The third kappa shape index (κ3) is 5.45. The second-order valence-electron chi connectivity index (χ2n) is 12.8. The summed E-state index contributed by atoms with van der Waals surface area (Å²) in [5.41, 5.74) is 12.0. The molecule has 0 atom stereocenters. The number of para-hydroxylation sites is 2. The summed E-state index contributed by atoms with van der Waals surface area (Å²) < 4.78 is 8.58. The van der Waals surface area contributed by atoms with E-state index in [0.717, 1.165) is 66.6 Å². The Morgan fingerprint density at radius 2 is 1.04 bits per heavy atom. The standard InChI is InChI=1S/C47H29N3OS/c1-3-11-30(12-4-1)32-21-23-33(24-22-32)40-29-41(49-46(48-40)35-16-9-15-34(27-35)31-13-5-2-6-14-31)37-17-10-20-44-45(37)38-28-36(25-26-43(38)52-44)47-50-39-18-7-8-19-42(39)51-47/h1-29H. The predicted molar refractivity (Wildman–Crippen MR) is 215 cm³/mol. The van der Waals surface area contributed by atoms with Crippen LogP contribution in [0.25, 0.3) is 98.9 Å². The van der Waals surface area contributed by atoms with Crippen LogP contribution in [0.4, 0.5) is 0 Å². The van der Waals surface area contributed by atoms with Gasteiger partial charge in [-0.15, -0.1) is 11.3 Å². The van der Waals surface area contributed by atoms with E-state index >= 15 is 0 Å². The van der Waals surface area contributed by atoms with E-state index in [-0.39, 0.29) is 0 Å². The Balaban J connectivity index is 1.15. The quantitative estimate of drug-likeness (QED) is 0.175. The summed E-state index contributed by atoms with van der Waals surface area (Å²) in [6.07, 6.45) is 0. The molecule has 10 aromatic rings. The molecular weight excluding hydrogens is 655 g/mol. The molecule has 3 aromatic heterocycles. The molecule has 0 saturated heterocycles. The Kier molecular flexibility index (Phi) is 7.29. The molecule has 244 valence electrons. The fraction of sp³-hybridized carbons (Fsp3) is 0. The Labute approximate surface area is 304 Å². The van der Waals surface area contributed by atoms with Crippen LogP contribution in [0.2, 0.25) is 0 Å². The van der Waals surface area contributed by atoms with E-state index in [2.05, 4.69) is 140 Å². The maximum Gasteiger partial charge on any atom is 0.227 e. The lowest BCUT2D eigenvalue weighted by molar-refractivity contribution is 0.620. The van der Waals surface area contributed by atoms with Crippen molar-refractivity contribution in [2.75, 3.05) is 0 Å². The number of hydrogen-bond acceptors (Lipinski definition) is 5. The summed E-state index contributed by atoms with van der Waals surface area (Å²) in [5, 5.41) is 2.31. The molecule has 0 spiro atoms. The molecule has 0 radical (unpaired) electrons. The minimum Gasteiger partial charge on any atom is -0.436 e. The van der Waals surface area contributed by atoms with E-state index in [1.165, 1.54) is 20.5 Å². The zero-order valence-electron chi connectivity index (χ0n) is 27.9. The highest BCUT2D eigenvalue weighted by atomic mass is 32.1. The lowest BCUT2D eigenvalue weighted by Crippen LogP contribution is -1.96. The summed E-state index contributed by atoms with van der Waals surface area (Å²) in [4.78, 5) is 15.3. The molecule has 10 rings (SSSR count). The van der Waals surface area contributed by atoms with Gasteiger partial charge in [0.2, 0.25) is 5.89 Å². The minimum atomic E-state index is 0.615. The number of benzene rings is 7. The molecule has 0 aliphatic carbocycles. The van der Waals surface area contributed by atoms with E-state index in [4.69, 9.17) is 19.4 Å². The van der Waals surface area contributed by atoms with Gasteiger partial charge in [0, 0.05) is 42.4 Å². The third-order valence-electron chi connectivity index (χ3n) is 9.55. The predicted octanol–water partition coefficient (Wildman–Crippen LogP) is 13.0. The fourth-order valence-corrected chi connectivity index (χ4v) is 8.08. The van der Waals surface area contributed by atoms with Gasteiger partial charge in [-0.2, -0.15) is 0 Å². The van der Waals surface area contributed by atoms with Crippen molar-refractivity contribution < 1.29 is 4.42 Å². The van der Waals surface area contributed by atoms with Gasteiger partial charge in [0.15, 0.2) is 11.4 Å². The molecule has 0 bridgehead atoms. The number of rotatable bonds is 6. The van der Waals surface area contributed by atoms with Gasteiger partial charge in [-0.1, -0.05) is 127 Å². The van der Waals surface area contributed by atoms with Crippen LogP contribution in [0.1, 0.15) is 0 Å². The van der Waals surface area contributed by atoms with E-state index < -0.39 is 0 Å². The zero-order valence-corrected chi connectivity index (χ0v) is 28.7. The molecule has 4 nitrogen and oxygen atoms in total. The van der Waals surface area contributed by atoms with Crippen LogP contribution < -0.4 is 0 Å². The van der Waals surface area contributed by atoms with Gasteiger partial charge in [0.25, 0.3) is 0 Å². The van der Waals surface area contributed by atoms with Gasteiger partial charge in [0.05, 0.1) is 11.4 Å². The Hall–Kier alpha value is -6.69. The van der Waals surface area contributed by atoms with Crippen LogP contribution in [0.15, 0.2) is 180 Å². The lowest BCUT2D eigenvalue weighted by atomic mass is 9.99. The summed E-state index contributed by atoms with van der Waals surface area (Å²) >= 11 is 1.79. The third-order valence-corrected chi connectivity index (χ3v) is 10.7. The molecule has 0 saturated carbocycles. The fourth-order valence-electron chi connectivity index (χ4n) is 6.96. The Morgan fingerprint density at radius 3 is 1.85 bits per heavy atom. The van der Waals surface area contributed by atoms with Crippen LogP contribution in [-0.2, 0) is 0 Å². The molecule has 7 aromatic carbocycles. The minimum absolute atomic E-state index is 0.615. The molecule has 0 fully saturated rings. The highest BCUT2D eigenvalue weighted by Crippen LogP contribution is 2.42. The number of nitrogens with zero attached hydrogens (tertiary/aromatic N) is 3. The zero-order chi connectivity index (χ0) is 34.4. The number of thiophene rings is 1. The first-order valence-electron chi connectivity index (χ1n) is 17.3. The van der Waals surface area contributed by atoms with Crippen LogP contribution in [0.3, 0.4) is 0 Å².